The fourth-order valence-electron chi connectivity index (χ4n) is 3.87. The van der Waals surface area contributed by atoms with E-state index in [2.05, 4.69) is 51.8 Å². The third kappa shape index (κ3) is 5.63. The van der Waals surface area contributed by atoms with Gasteiger partial charge in [0.15, 0.2) is 0 Å². The van der Waals surface area contributed by atoms with Crippen molar-refractivity contribution < 1.29 is 9.53 Å². The number of carbonyl (C=O) groups excluding carboxylic acids is 1. The summed E-state index contributed by atoms with van der Waals surface area (Å²) >= 11 is 3.41. The van der Waals surface area contributed by atoms with E-state index in [-0.39, 0.29) is 5.91 Å². The van der Waals surface area contributed by atoms with Crippen LogP contribution in [0.4, 0.5) is 0 Å². The van der Waals surface area contributed by atoms with Crippen molar-refractivity contribution in [1.82, 2.24) is 14.9 Å². The van der Waals surface area contributed by atoms with Crippen molar-refractivity contribution in [2.75, 3.05) is 13.2 Å². The molecule has 0 aliphatic carbocycles. The number of para-hydroxylation sites is 2. The number of aromatic nitrogens is 2. The molecule has 1 amide bonds. The van der Waals surface area contributed by atoms with E-state index in [9.17, 15) is 4.79 Å². The number of imidazole rings is 1. The van der Waals surface area contributed by atoms with E-state index < -0.39 is 0 Å². The predicted octanol–water partition coefficient (Wildman–Crippen LogP) is 5.86. The van der Waals surface area contributed by atoms with E-state index in [4.69, 9.17) is 9.72 Å². The molecule has 0 bridgehead atoms. The van der Waals surface area contributed by atoms with Crippen LogP contribution in [-0.2, 0) is 13.0 Å². The molecule has 1 heterocycles. The summed E-state index contributed by atoms with van der Waals surface area (Å²) < 4.78 is 9.23. The summed E-state index contributed by atoms with van der Waals surface area (Å²) in [5.74, 6) is 1.88. The first-order valence-electron chi connectivity index (χ1n) is 11.2. The SMILES string of the molecule is Cc1cccc(OCCn2c(CCCNC(=O)c3cccc(Br)c3)nc3ccccc32)c1C. The van der Waals surface area contributed by atoms with Gasteiger partial charge in [0.25, 0.3) is 5.91 Å². The highest BCUT2D eigenvalue weighted by Gasteiger charge is 2.12. The Kier molecular flexibility index (Phi) is 7.45. The normalized spacial score (nSPS) is 11.0. The van der Waals surface area contributed by atoms with Gasteiger partial charge in [-0.05, 0) is 67.8 Å². The first-order chi connectivity index (χ1) is 16.0. The van der Waals surface area contributed by atoms with Crippen LogP contribution in [0.25, 0.3) is 11.0 Å². The molecule has 0 saturated carbocycles. The number of halogens is 1. The molecule has 4 rings (SSSR count). The highest BCUT2D eigenvalue weighted by atomic mass is 79.9. The lowest BCUT2D eigenvalue weighted by molar-refractivity contribution is 0.0953. The summed E-state index contributed by atoms with van der Waals surface area (Å²) in [6.45, 7) is 6.06. The number of hydrogen-bond donors (Lipinski definition) is 1. The van der Waals surface area contributed by atoms with Gasteiger partial charge in [-0.3, -0.25) is 4.79 Å². The van der Waals surface area contributed by atoms with Gasteiger partial charge in [-0.15, -0.1) is 0 Å². The zero-order valence-electron chi connectivity index (χ0n) is 19.0. The minimum Gasteiger partial charge on any atom is -0.491 e. The molecule has 0 radical (unpaired) electrons. The van der Waals surface area contributed by atoms with E-state index >= 15 is 0 Å². The maximum absolute atomic E-state index is 12.4. The average Bonchev–Trinajstić information content (AvgIpc) is 3.17. The van der Waals surface area contributed by atoms with Gasteiger partial charge in [0, 0.05) is 23.0 Å². The Hall–Kier alpha value is -3.12. The molecule has 1 N–H and O–H groups in total. The van der Waals surface area contributed by atoms with Crippen molar-refractivity contribution in [3.05, 3.63) is 93.7 Å². The standard InChI is InChI=1S/C27H28BrN3O2/c1-19-8-5-13-25(20(19)2)33-17-16-31-24-12-4-3-11-23(24)30-26(31)14-7-15-29-27(32)21-9-6-10-22(28)18-21/h3-6,8-13,18H,7,14-17H2,1-2H3,(H,29,32). The summed E-state index contributed by atoms with van der Waals surface area (Å²) in [4.78, 5) is 17.2. The van der Waals surface area contributed by atoms with Crippen LogP contribution in [-0.4, -0.2) is 28.6 Å². The first kappa shape index (κ1) is 23.1. The summed E-state index contributed by atoms with van der Waals surface area (Å²) in [7, 11) is 0. The fourth-order valence-corrected chi connectivity index (χ4v) is 4.27. The molecule has 4 aromatic rings. The van der Waals surface area contributed by atoms with Crippen LogP contribution < -0.4 is 10.1 Å². The van der Waals surface area contributed by atoms with E-state index in [0.29, 0.717) is 25.3 Å². The number of aryl methyl sites for hydroxylation is 2. The number of fused-ring (bicyclic) bond motifs is 1. The lowest BCUT2D eigenvalue weighted by Gasteiger charge is -2.13. The number of hydrogen-bond acceptors (Lipinski definition) is 3. The van der Waals surface area contributed by atoms with Gasteiger partial charge >= 0.3 is 0 Å². The van der Waals surface area contributed by atoms with E-state index in [1.807, 2.05) is 54.6 Å². The number of carbonyl (C=O) groups is 1. The van der Waals surface area contributed by atoms with Crippen molar-refractivity contribution in [3.63, 3.8) is 0 Å². The Morgan fingerprint density at radius 3 is 2.73 bits per heavy atom. The number of rotatable bonds is 9. The van der Waals surface area contributed by atoms with Gasteiger partial charge in [-0.1, -0.05) is 46.3 Å². The molecular weight excluding hydrogens is 478 g/mol. The van der Waals surface area contributed by atoms with Crippen LogP contribution in [0, 0.1) is 13.8 Å². The van der Waals surface area contributed by atoms with Crippen molar-refractivity contribution in [2.24, 2.45) is 0 Å². The molecule has 6 heteroatoms. The Morgan fingerprint density at radius 2 is 1.88 bits per heavy atom. The van der Waals surface area contributed by atoms with Crippen molar-refractivity contribution in [2.45, 2.75) is 33.2 Å². The van der Waals surface area contributed by atoms with E-state index in [1.54, 1.807) is 0 Å². The lowest BCUT2D eigenvalue weighted by atomic mass is 10.1. The van der Waals surface area contributed by atoms with Crippen molar-refractivity contribution >= 4 is 32.9 Å². The molecule has 170 valence electrons. The van der Waals surface area contributed by atoms with Crippen LogP contribution in [0.3, 0.4) is 0 Å². The second-order valence-electron chi connectivity index (χ2n) is 8.08. The number of ether oxygens (including phenoxy) is 1. The minimum atomic E-state index is -0.0632. The summed E-state index contributed by atoms with van der Waals surface area (Å²) in [6, 6.07) is 21.7. The second kappa shape index (κ2) is 10.7. The Balaban J connectivity index is 1.38. The van der Waals surface area contributed by atoms with Crippen LogP contribution in [0.15, 0.2) is 71.2 Å². The summed E-state index contributed by atoms with van der Waals surface area (Å²) in [5, 5.41) is 3.00. The van der Waals surface area contributed by atoms with Gasteiger partial charge in [0.2, 0.25) is 0 Å². The Morgan fingerprint density at radius 1 is 1.06 bits per heavy atom. The maximum atomic E-state index is 12.4. The van der Waals surface area contributed by atoms with Gasteiger partial charge in [-0.25, -0.2) is 4.98 Å². The molecule has 5 nitrogen and oxygen atoms in total. The largest absolute Gasteiger partial charge is 0.491 e. The molecule has 0 atom stereocenters. The third-order valence-electron chi connectivity index (χ3n) is 5.81. The molecule has 0 spiro atoms. The average molecular weight is 506 g/mol. The fraction of sp³-hybridized carbons (Fsp3) is 0.259. The number of benzene rings is 3. The highest BCUT2D eigenvalue weighted by Crippen LogP contribution is 2.22. The topological polar surface area (TPSA) is 56.1 Å². The Labute approximate surface area is 202 Å². The first-order valence-corrected chi connectivity index (χ1v) is 12.0. The van der Waals surface area contributed by atoms with Gasteiger partial charge < -0.3 is 14.6 Å². The molecule has 0 saturated heterocycles. The van der Waals surface area contributed by atoms with Crippen LogP contribution >= 0.6 is 15.9 Å². The van der Waals surface area contributed by atoms with Crippen molar-refractivity contribution in [1.29, 1.82) is 0 Å². The molecule has 0 fully saturated rings. The lowest BCUT2D eigenvalue weighted by Crippen LogP contribution is -2.25. The molecule has 0 aliphatic heterocycles. The van der Waals surface area contributed by atoms with Crippen LogP contribution in [0.2, 0.25) is 0 Å². The highest BCUT2D eigenvalue weighted by molar-refractivity contribution is 9.10. The summed E-state index contributed by atoms with van der Waals surface area (Å²) in [5.41, 5.74) is 5.15. The molecule has 0 unspecified atom stereocenters. The predicted molar refractivity (Wildman–Crippen MR) is 136 cm³/mol. The van der Waals surface area contributed by atoms with E-state index in [1.165, 1.54) is 11.1 Å². The Bertz CT molecular complexity index is 1270. The van der Waals surface area contributed by atoms with E-state index in [0.717, 1.165) is 39.9 Å². The van der Waals surface area contributed by atoms with Crippen LogP contribution in [0.1, 0.15) is 33.7 Å². The zero-order chi connectivity index (χ0) is 23.2. The van der Waals surface area contributed by atoms with Gasteiger partial charge in [0.1, 0.15) is 18.2 Å². The van der Waals surface area contributed by atoms with Gasteiger partial charge in [-0.2, -0.15) is 0 Å². The maximum Gasteiger partial charge on any atom is 0.251 e. The molecule has 3 aromatic carbocycles. The molecular formula is C27H28BrN3O2. The number of nitrogens with one attached hydrogen (secondary N) is 1. The van der Waals surface area contributed by atoms with Gasteiger partial charge in [0.05, 0.1) is 17.6 Å². The summed E-state index contributed by atoms with van der Waals surface area (Å²) in [6.07, 6.45) is 1.58. The second-order valence-corrected chi connectivity index (χ2v) is 9.00. The molecule has 33 heavy (non-hydrogen) atoms. The van der Waals surface area contributed by atoms with Crippen molar-refractivity contribution in [3.8, 4) is 5.75 Å². The number of amides is 1. The smallest absolute Gasteiger partial charge is 0.251 e. The minimum absolute atomic E-state index is 0.0632. The quantitative estimate of drug-likeness (QED) is 0.290. The monoisotopic (exact) mass is 505 g/mol. The zero-order valence-corrected chi connectivity index (χ0v) is 20.6. The number of nitrogens with zero attached hydrogens (tertiary/aromatic N) is 2. The molecule has 1 aromatic heterocycles. The van der Waals surface area contributed by atoms with Crippen LogP contribution in [0.5, 0.6) is 5.75 Å². The third-order valence-corrected chi connectivity index (χ3v) is 6.30. The molecule has 0 aliphatic rings.